The third-order valence-corrected chi connectivity index (χ3v) is 4.70. The van der Waals surface area contributed by atoms with Crippen molar-refractivity contribution in [1.29, 1.82) is 0 Å². The SMILES string of the molecule is CC(NCC1CCSC1)c1ccccc1C(F)(F)F. The third-order valence-electron chi connectivity index (χ3n) is 3.47. The topological polar surface area (TPSA) is 12.0 Å². The van der Waals surface area contributed by atoms with Gasteiger partial charge in [0.15, 0.2) is 0 Å². The summed E-state index contributed by atoms with van der Waals surface area (Å²) in [6.45, 7) is 2.59. The molecule has 5 heteroatoms. The standard InChI is InChI=1S/C14H18F3NS/c1-10(18-8-11-6-7-19-9-11)12-4-2-3-5-13(12)14(15,16)17/h2-5,10-11,18H,6-9H2,1H3. The number of rotatable bonds is 4. The van der Waals surface area contributed by atoms with Crippen molar-refractivity contribution in [3.05, 3.63) is 35.4 Å². The first kappa shape index (κ1) is 14.7. The summed E-state index contributed by atoms with van der Waals surface area (Å²) >= 11 is 1.92. The Morgan fingerprint density at radius 3 is 2.74 bits per heavy atom. The molecule has 1 nitrogen and oxygen atoms in total. The van der Waals surface area contributed by atoms with Crippen molar-refractivity contribution in [2.45, 2.75) is 25.6 Å². The van der Waals surface area contributed by atoms with E-state index < -0.39 is 11.7 Å². The Morgan fingerprint density at radius 2 is 2.11 bits per heavy atom. The van der Waals surface area contributed by atoms with E-state index in [1.54, 1.807) is 19.1 Å². The Balaban J connectivity index is 2.03. The van der Waals surface area contributed by atoms with Crippen LogP contribution in [0.1, 0.15) is 30.5 Å². The van der Waals surface area contributed by atoms with Crippen LogP contribution in [0.4, 0.5) is 13.2 Å². The van der Waals surface area contributed by atoms with Crippen LogP contribution in [0, 0.1) is 5.92 Å². The van der Waals surface area contributed by atoms with Gasteiger partial charge in [0.1, 0.15) is 0 Å². The number of benzene rings is 1. The normalized spacial score (nSPS) is 21.6. The summed E-state index contributed by atoms with van der Waals surface area (Å²) in [6, 6.07) is 5.53. The molecule has 0 radical (unpaired) electrons. The second kappa shape index (κ2) is 6.18. The maximum atomic E-state index is 12.9. The van der Waals surface area contributed by atoms with E-state index in [1.807, 2.05) is 11.8 Å². The van der Waals surface area contributed by atoms with Crippen molar-refractivity contribution in [2.24, 2.45) is 5.92 Å². The van der Waals surface area contributed by atoms with Crippen molar-refractivity contribution in [3.63, 3.8) is 0 Å². The van der Waals surface area contributed by atoms with E-state index in [9.17, 15) is 13.2 Å². The maximum absolute atomic E-state index is 12.9. The summed E-state index contributed by atoms with van der Waals surface area (Å²) in [7, 11) is 0. The van der Waals surface area contributed by atoms with Crippen LogP contribution >= 0.6 is 11.8 Å². The Bertz CT molecular complexity index is 413. The molecule has 1 fully saturated rings. The minimum absolute atomic E-state index is 0.275. The van der Waals surface area contributed by atoms with Crippen LogP contribution in [-0.2, 0) is 6.18 Å². The number of hydrogen-bond acceptors (Lipinski definition) is 2. The van der Waals surface area contributed by atoms with Crippen LogP contribution in [-0.4, -0.2) is 18.1 Å². The first-order chi connectivity index (χ1) is 8.98. The zero-order valence-electron chi connectivity index (χ0n) is 10.8. The molecule has 1 heterocycles. The fourth-order valence-corrected chi connectivity index (χ4v) is 3.61. The fraction of sp³-hybridized carbons (Fsp3) is 0.571. The molecule has 19 heavy (non-hydrogen) atoms. The zero-order valence-corrected chi connectivity index (χ0v) is 11.7. The average Bonchev–Trinajstić information content (AvgIpc) is 2.88. The van der Waals surface area contributed by atoms with Gasteiger partial charge in [0.25, 0.3) is 0 Å². The van der Waals surface area contributed by atoms with Gasteiger partial charge in [-0.2, -0.15) is 24.9 Å². The third kappa shape index (κ3) is 3.89. The molecule has 0 spiro atoms. The van der Waals surface area contributed by atoms with Crippen LogP contribution in [0.25, 0.3) is 0 Å². The number of halogens is 3. The molecule has 106 valence electrons. The molecular weight excluding hydrogens is 271 g/mol. The summed E-state index contributed by atoms with van der Waals surface area (Å²) in [4.78, 5) is 0. The van der Waals surface area contributed by atoms with E-state index in [1.165, 1.54) is 11.8 Å². The smallest absolute Gasteiger partial charge is 0.310 e. The minimum atomic E-state index is -4.28. The predicted octanol–water partition coefficient (Wildman–Crippen LogP) is 4.11. The van der Waals surface area contributed by atoms with Gasteiger partial charge in [0.05, 0.1) is 5.56 Å². The van der Waals surface area contributed by atoms with Gasteiger partial charge in [-0.3, -0.25) is 0 Å². The lowest BCUT2D eigenvalue weighted by Crippen LogP contribution is -2.27. The van der Waals surface area contributed by atoms with Gasteiger partial charge in [-0.25, -0.2) is 0 Å². The number of hydrogen-bond donors (Lipinski definition) is 1. The molecule has 1 aromatic carbocycles. The molecule has 2 unspecified atom stereocenters. The summed E-state index contributed by atoms with van der Waals surface area (Å²) in [5.41, 5.74) is -0.198. The van der Waals surface area contributed by atoms with Gasteiger partial charge < -0.3 is 5.32 Å². The summed E-state index contributed by atoms with van der Waals surface area (Å²) in [6.07, 6.45) is -3.12. The Kier molecular flexibility index (Phi) is 4.79. The number of thioether (sulfide) groups is 1. The lowest BCUT2D eigenvalue weighted by Gasteiger charge is -2.21. The highest BCUT2D eigenvalue weighted by Crippen LogP contribution is 2.34. The highest BCUT2D eigenvalue weighted by molar-refractivity contribution is 7.99. The molecule has 2 rings (SSSR count). The van der Waals surface area contributed by atoms with Crippen molar-refractivity contribution < 1.29 is 13.2 Å². The highest BCUT2D eigenvalue weighted by Gasteiger charge is 2.34. The zero-order chi connectivity index (χ0) is 13.9. The number of nitrogens with one attached hydrogen (secondary N) is 1. The van der Waals surface area contributed by atoms with E-state index in [4.69, 9.17) is 0 Å². The van der Waals surface area contributed by atoms with E-state index in [-0.39, 0.29) is 6.04 Å². The molecule has 2 atom stereocenters. The van der Waals surface area contributed by atoms with Crippen LogP contribution in [0.2, 0.25) is 0 Å². The summed E-state index contributed by atoms with van der Waals surface area (Å²) in [5.74, 6) is 2.87. The van der Waals surface area contributed by atoms with Crippen LogP contribution in [0.15, 0.2) is 24.3 Å². The van der Waals surface area contributed by atoms with Gasteiger partial charge in [-0.1, -0.05) is 18.2 Å². The molecule has 1 aliphatic heterocycles. The summed E-state index contributed by atoms with van der Waals surface area (Å²) in [5, 5.41) is 3.24. The van der Waals surface area contributed by atoms with Crippen LogP contribution < -0.4 is 5.32 Å². The Labute approximate surface area is 116 Å². The largest absolute Gasteiger partial charge is 0.416 e. The van der Waals surface area contributed by atoms with Crippen LogP contribution in [0.3, 0.4) is 0 Å². The molecule has 1 saturated heterocycles. The van der Waals surface area contributed by atoms with Gasteiger partial charge in [-0.05, 0) is 48.9 Å². The van der Waals surface area contributed by atoms with Gasteiger partial charge >= 0.3 is 6.18 Å². The van der Waals surface area contributed by atoms with Gasteiger partial charge in [-0.15, -0.1) is 0 Å². The van der Waals surface area contributed by atoms with Crippen molar-refractivity contribution in [3.8, 4) is 0 Å². The molecule has 0 aliphatic carbocycles. The molecule has 1 N–H and O–H groups in total. The molecule has 0 aromatic heterocycles. The monoisotopic (exact) mass is 289 g/mol. The van der Waals surface area contributed by atoms with E-state index in [0.29, 0.717) is 11.5 Å². The van der Waals surface area contributed by atoms with Crippen LogP contribution in [0.5, 0.6) is 0 Å². The molecule has 0 bridgehead atoms. The Morgan fingerprint density at radius 1 is 1.37 bits per heavy atom. The number of alkyl halides is 3. The predicted molar refractivity (Wildman–Crippen MR) is 73.3 cm³/mol. The summed E-state index contributed by atoms with van der Waals surface area (Å²) < 4.78 is 38.8. The van der Waals surface area contributed by atoms with Crippen molar-refractivity contribution >= 4 is 11.8 Å². The second-order valence-electron chi connectivity index (χ2n) is 4.94. The van der Waals surface area contributed by atoms with E-state index in [2.05, 4.69) is 5.32 Å². The second-order valence-corrected chi connectivity index (χ2v) is 6.09. The van der Waals surface area contributed by atoms with E-state index in [0.717, 1.165) is 24.8 Å². The maximum Gasteiger partial charge on any atom is 0.416 e. The highest BCUT2D eigenvalue weighted by atomic mass is 32.2. The van der Waals surface area contributed by atoms with E-state index >= 15 is 0 Å². The fourth-order valence-electron chi connectivity index (χ4n) is 2.33. The minimum Gasteiger partial charge on any atom is -0.310 e. The first-order valence-corrected chi connectivity index (χ1v) is 7.61. The first-order valence-electron chi connectivity index (χ1n) is 6.45. The lowest BCUT2D eigenvalue weighted by atomic mass is 10.00. The quantitative estimate of drug-likeness (QED) is 0.895. The average molecular weight is 289 g/mol. The van der Waals surface area contributed by atoms with Crippen molar-refractivity contribution in [2.75, 3.05) is 18.1 Å². The van der Waals surface area contributed by atoms with Gasteiger partial charge in [0, 0.05) is 6.04 Å². The molecule has 1 aliphatic rings. The van der Waals surface area contributed by atoms with Crippen molar-refractivity contribution in [1.82, 2.24) is 5.32 Å². The van der Waals surface area contributed by atoms with Gasteiger partial charge in [0.2, 0.25) is 0 Å². The molecular formula is C14H18F3NS. The molecule has 0 saturated carbocycles. The molecule has 0 amide bonds. The Hall–Kier alpha value is -0.680. The molecule has 1 aromatic rings. The lowest BCUT2D eigenvalue weighted by molar-refractivity contribution is -0.138.